The first-order valence-corrected chi connectivity index (χ1v) is 7.17. The summed E-state index contributed by atoms with van der Waals surface area (Å²) in [5, 5.41) is 0. The topological polar surface area (TPSA) is 46.3 Å². The molecule has 1 aliphatic heterocycles. The smallest absolute Gasteiger partial charge is 0.176 e. The quantitative estimate of drug-likeness (QED) is 0.846. The van der Waals surface area contributed by atoms with Crippen molar-refractivity contribution in [1.82, 2.24) is 4.90 Å². The molecule has 1 fully saturated rings. The highest BCUT2D eigenvalue weighted by Gasteiger charge is 2.19. The van der Waals surface area contributed by atoms with Crippen molar-refractivity contribution >= 4 is 5.78 Å². The second-order valence-electron chi connectivity index (χ2n) is 5.84. The third-order valence-corrected chi connectivity index (χ3v) is 3.81. The number of carbonyl (C=O) groups is 1. The highest BCUT2D eigenvalue weighted by Crippen LogP contribution is 2.16. The van der Waals surface area contributed by atoms with Gasteiger partial charge in [-0.15, -0.1) is 0 Å². The molecule has 0 saturated carbocycles. The van der Waals surface area contributed by atoms with Crippen LogP contribution >= 0.6 is 0 Å². The molecule has 0 amide bonds. The number of piperidine rings is 1. The number of benzene rings is 1. The van der Waals surface area contributed by atoms with Crippen LogP contribution in [0.15, 0.2) is 24.3 Å². The van der Waals surface area contributed by atoms with Crippen LogP contribution in [-0.2, 0) is 0 Å². The number of nitrogens with zero attached hydrogens (tertiary/aromatic N) is 1. The molecule has 104 valence electrons. The van der Waals surface area contributed by atoms with Crippen LogP contribution < -0.4 is 5.73 Å². The number of likely N-dealkylation sites (tertiary alicyclic amines) is 1. The first-order chi connectivity index (χ1) is 9.06. The predicted molar refractivity (Wildman–Crippen MR) is 78.5 cm³/mol. The minimum absolute atomic E-state index is 0.199. The van der Waals surface area contributed by atoms with Gasteiger partial charge in [-0.3, -0.25) is 9.69 Å². The molecule has 1 aromatic rings. The van der Waals surface area contributed by atoms with Gasteiger partial charge in [0.15, 0.2) is 5.78 Å². The SMILES string of the molecule is CC(C)c1ccc(C(=O)CN2CCCC(N)C2)cc1. The standard InChI is InChI=1S/C16H24N2O/c1-12(2)13-5-7-14(8-6-13)16(19)11-18-9-3-4-15(17)10-18/h5-8,12,15H,3-4,9-11,17H2,1-2H3. The zero-order valence-corrected chi connectivity index (χ0v) is 11.9. The molecule has 0 spiro atoms. The molecule has 0 radical (unpaired) electrons. The Hall–Kier alpha value is -1.19. The number of rotatable bonds is 4. The maximum absolute atomic E-state index is 12.2. The molecule has 2 rings (SSSR count). The summed E-state index contributed by atoms with van der Waals surface area (Å²) in [6.45, 7) is 6.64. The van der Waals surface area contributed by atoms with Crippen molar-refractivity contribution in [2.75, 3.05) is 19.6 Å². The van der Waals surface area contributed by atoms with E-state index in [1.54, 1.807) is 0 Å². The van der Waals surface area contributed by atoms with Gasteiger partial charge in [-0.25, -0.2) is 0 Å². The minimum Gasteiger partial charge on any atom is -0.327 e. The normalized spacial score (nSPS) is 20.7. The van der Waals surface area contributed by atoms with E-state index in [4.69, 9.17) is 5.73 Å². The zero-order valence-electron chi connectivity index (χ0n) is 11.9. The lowest BCUT2D eigenvalue weighted by molar-refractivity contribution is 0.0908. The van der Waals surface area contributed by atoms with Crippen LogP contribution in [0.1, 0.15) is 48.5 Å². The van der Waals surface area contributed by atoms with Gasteiger partial charge >= 0.3 is 0 Å². The first-order valence-electron chi connectivity index (χ1n) is 7.17. The van der Waals surface area contributed by atoms with E-state index in [1.165, 1.54) is 5.56 Å². The van der Waals surface area contributed by atoms with E-state index < -0.39 is 0 Å². The van der Waals surface area contributed by atoms with Crippen LogP contribution in [0, 0.1) is 0 Å². The monoisotopic (exact) mass is 260 g/mol. The third-order valence-electron chi connectivity index (χ3n) is 3.81. The predicted octanol–water partition coefficient (Wildman–Crippen LogP) is 2.42. The van der Waals surface area contributed by atoms with Gasteiger partial charge in [0.1, 0.15) is 0 Å². The summed E-state index contributed by atoms with van der Waals surface area (Å²) >= 11 is 0. The van der Waals surface area contributed by atoms with Crippen LogP contribution in [-0.4, -0.2) is 36.4 Å². The number of ketones is 1. The molecule has 3 nitrogen and oxygen atoms in total. The summed E-state index contributed by atoms with van der Waals surface area (Å²) in [5.74, 6) is 0.702. The van der Waals surface area contributed by atoms with E-state index in [9.17, 15) is 4.79 Å². The van der Waals surface area contributed by atoms with Crippen LogP contribution in [0.5, 0.6) is 0 Å². The first kappa shape index (κ1) is 14.2. The molecular formula is C16H24N2O. The van der Waals surface area contributed by atoms with E-state index in [2.05, 4.69) is 30.9 Å². The molecule has 0 bridgehead atoms. The summed E-state index contributed by atoms with van der Waals surface area (Å²) in [6.07, 6.45) is 2.18. The van der Waals surface area contributed by atoms with Gasteiger partial charge in [0.2, 0.25) is 0 Å². The Morgan fingerprint density at radius 1 is 1.37 bits per heavy atom. The number of hydrogen-bond donors (Lipinski definition) is 1. The largest absolute Gasteiger partial charge is 0.327 e. The van der Waals surface area contributed by atoms with Crippen LogP contribution in [0.2, 0.25) is 0 Å². The number of carbonyl (C=O) groups excluding carboxylic acids is 1. The summed E-state index contributed by atoms with van der Waals surface area (Å²) in [4.78, 5) is 14.4. The van der Waals surface area contributed by atoms with Gasteiger partial charge in [0.25, 0.3) is 0 Å². The van der Waals surface area contributed by atoms with Crippen molar-refractivity contribution in [3.63, 3.8) is 0 Å². The second kappa shape index (κ2) is 6.31. The summed E-state index contributed by atoms with van der Waals surface area (Å²) in [6, 6.07) is 8.23. The molecule has 3 heteroatoms. The lowest BCUT2D eigenvalue weighted by Gasteiger charge is -2.29. The average Bonchev–Trinajstić information content (AvgIpc) is 2.39. The highest BCUT2D eigenvalue weighted by molar-refractivity contribution is 5.97. The molecule has 1 atom stereocenters. The molecule has 2 N–H and O–H groups in total. The van der Waals surface area contributed by atoms with E-state index in [-0.39, 0.29) is 11.8 Å². The minimum atomic E-state index is 0.199. The molecular weight excluding hydrogens is 236 g/mol. The molecule has 1 aromatic carbocycles. The van der Waals surface area contributed by atoms with Gasteiger partial charge in [-0.05, 0) is 30.9 Å². The number of hydrogen-bond acceptors (Lipinski definition) is 3. The van der Waals surface area contributed by atoms with Gasteiger partial charge in [-0.2, -0.15) is 0 Å². The summed E-state index contributed by atoms with van der Waals surface area (Å²) < 4.78 is 0. The molecule has 0 aromatic heterocycles. The van der Waals surface area contributed by atoms with Gasteiger partial charge in [0.05, 0.1) is 6.54 Å². The Bertz CT molecular complexity index is 425. The maximum atomic E-state index is 12.2. The Kier molecular flexibility index (Phi) is 4.72. The van der Waals surface area contributed by atoms with E-state index in [0.29, 0.717) is 12.5 Å². The Morgan fingerprint density at radius 2 is 2.05 bits per heavy atom. The second-order valence-corrected chi connectivity index (χ2v) is 5.84. The van der Waals surface area contributed by atoms with E-state index >= 15 is 0 Å². The molecule has 19 heavy (non-hydrogen) atoms. The zero-order chi connectivity index (χ0) is 13.8. The fourth-order valence-corrected chi connectivity index (χ4v) is 2.58. The number of Topliss-reactive ketones (excluding diaryl/α,β-unsaturated/α-hetero) is 1. The van der Waals surface area contributed by atoms with Crippen LogP contribution in [0.4, 0.5) is 0 Å². The fraction of sp³-hybridized carbons (Fsp3) is 0.562. The third kappa shape index (κ3) is 3.88. The van der Waals surface area contributed by atoms with Crippen molar-refractivity contribution < 1.29 is 4.79 Å². The summed E-state index contributed by atoms with van der Waals surface area (Å²) in [7, 11) is 0. The lowest BCUT2D eigenvalue weighted by atomic mass is 10.00. The van der Waals surface area contributed by atoms with Crippen molar-refractivity contribution in [3.05, 3.63) is 35.4 Å². The maximum Gasteiger partial charge on any atom is 0.176 e. The lowest BCUT2D eigenvalue weighted by Crippen LogP contribution is -2.44. The van der Waals surface area contributed by atoms with Gasteiger partial charge < -0.3 is 5.73 Å². The van der Waals surface area contributed by atoms with E-state index in [0.717, 1.165) is 31.5 Å². The van der Waals surface area contributed by atoms with Crippen LogP contribution in [0.3, 0.4) is 0 Å². The molecule has 1 heterocycles. The van der Waals surface area contributed by atoms with E-state index in [1.807, 2.05) is 12.1 Å². The van der Waals surface area contributed by atoms with Crippen molar-refractivity contribution in [3.8, 4) is 0 Å². The highest BCUT2D eigenvalue weighted by atomic mass is 16.1. The van der Waals surface area contributed by atoms with Crippen LogP contribution in [0.25, 0.3) is 0 Å². The Morgan fingerprint density at radius 3 is 2.63 bits per heavy atom. The molecule has 1 aliphatic rings. The van der Waals surface area contributed by atoms with Crippen molar-refractivity contribution in [1.29, 1.82) is 0 Å². The number of nitrogens with two attached hydrogens (primary N) is 1. The van der Waals surface area contributed by atoms with Crippen molar-refractivity contribution in [2.45, 2.75) is 38.6 Å². The van der Waals surface area contributed by atoms with Gasteiger partial charge in [0, 0.05) is 18.2 Å². The average molecular weight is 260 g/mol. The fourth-order valence-electron chi connectivity index (χ4n) is 2.58. The molecule has 1 saturated heterocycles. The summed E-state index contributed by atoms with van der Waals surface area (Å²) in [5.41, 5.74) is 8.02. The van der Waals surface area contributed by atoms with Gasteiger partial charge in [-0.1, -0.05) is 38.1 Å². The van der Waals surface area contributed by atoms with Crippen molar-refractivity contribution in [2.24, 2.45) is 5.73 Å². The molecule has 1 unspecified atom stereocenters. The Balaban J connectivity index is 1.95. The Labute approximate surface area is 115 Å². The molecule has 0 aliphatic carbocycles.